The Morgan fingerprint density at radius 1 is 1.19 bits per heavy atom. The number of hydrogen-bond donors (Lipinski definition) is 2. The van der Waals surface area contributed by atoms with Crippen molar-refractivity contribution in [3.05, 3.63) is 45.7 Å². The first-order valence-corrected chi connectivity index (χ1v) is 10.1. The van der Waals surface area contributed by atoms with Crippen LogP contribution < -0.4 is 5.32 Å². The van der Waals surface area contributed by atoms with Gasteiger partial charge in [-0.1, -0.05) is 32.4 Å². The van der Waals surface area contributed by atoms with E-state index < -0.39 is 0 Å². The summed E-state index contributed by atoms with van der Waals surface area (Å²) >= 11 is 1.61. The smallest absolute Gasteiger partial charge is 0.271 e. The van der Waals surface area contributed by atoms with E-state index in [2.05, 4.69) is 34.1 Å². The third kappa shape index (κ3) is 4.49. The average molecular weight is 371 g/mol. The van der Waals surface area contributed by atoms with Crippen LogP contribution in [0.4, 0.5) is 0 Å². The van der Waals surface area contributed by atoms with Crippen molar-refractivity contribution in [2.45, 2.75) is 52.4 Å². The van der Waals surface area contributed by atoms with Crippen molar-refractivity contribution in [2.75, 3.05) is 6.54 Å². The Hall–Kier alpha value is -2.21. The van der Waals surface area contributed by atoms with Gasteiger partial charge in [-0.05, 0) is 37.8 Å². The number of aromatic nitrogens is 3. The molecule has 0 fully saturated rings. The number of nitrogens with one attached hydrogen (secondary N) is 2. The third-order valence-corrected chi connectivity index (χ3v) is 5.59. The molecular weight excluding hydrogens is 344 g/mol. The van der Waals surface area contributed by atoms with Crippen molar-refractivity contribution < 1.29 is 4.79 Å². The Balaban J connectivity index is 1.39. The number of aromatic amines is 1. The van der Waals surface area contributed by atoms with Crippen LogP contribution in [0.15, 0.2) is 24.3 Å². The number of imidazole rings is 1. The maximum absolute atomic E-state index is 12.4. The van der Waals surface area contributed by atoms with E-state index in [-0.39, 0.29) is 5.91 Å². The number of amides is 1. The summed E-state index contributed by atoms with van der Waals surface area (Å²) in [7, 11) is 0. The SMILES string of the molecule is Cc1nc(C(=O)NCCCCCc2nc3ccccc3[nH]2)c(C(C)C)s1. The standard InChI is InChI=1S/C20H26N4OS/c1-13(2)19-18(22-14(3)26-19)20(25)21-12-8-4-5-11-17-23-15-9-6-7-10-16(15)24-17/h6-7,9-10,13H,4-5,8,11-12H2,1-3H3,(H,21,25)(H,23,24). The number of nitrogens with zero attached hydrogens (tertiary/aromatic N) is 2. The van der Waals surface area contributed by atoms with Gasteiger partial charge in [0.1, 0.15) is 11.5 Å². The lowest BCUT2D eigenvalue weighted by molar-refractivity contribution is 0.0947. The van der Waals surface area contributed by atoms with Crippen LogP contribution in [0.25, 0.3) is 11.0 Å². The molecule has 0 atom stereocenters. The molecule has 0 saturated heterocycles. The molecule has 2 heterocycles. The lowest BCUT2D eigenvalue weighted by atomic mass is 10.1. The number of benzene rings is 1. The maximum Gasteiger partial charge on any atom is 0.271 e. The summed E-state index contributed by atoms with van der Waals surface area (Å²) in [5.41, 5.74) is 2.72. The van der Waals surface area contributed by atoms with Gasteiger partial charge in [0.2, 0.25) is 0 Å². The predicted octanol–water partition coefficient (Wildman–Crippen LogP) is 4.59. The highest BCUT2D eigenvalue weighted by Crippen LogP contribution is 2.26. The average Bonchev–Trinajstić information content (AvgIpc) is 3.20. The van der Waals surface area contributed by atoms with Crippen molar-refractivity contribution in [3.8, 4) is 0 Å². The van der Waals surface area contributed by atoms with Crippen molar-refractivity contribution >= 4 is 28.3 Å². The molecule has 0 aliphatic carbocycles. The fraction of sp³-hybridized carbons (Fsp3) is 0.450. The minimum absolute atomic E-state index is 0.0460. The lowest BCUT2D eigenvalue weighted by Crippen LogP contribution is -2.25. The van der Waals surface area contributed by atoms with Crippen LogP contribution in [-0.2, 0) is 6.42 Å². The van der Waals surface area contributed by atoms with E-state index in [9.17, 15) is 4.79 Å². The minimum atomic E-state index is -0.0460. The molecule has 1 amide bonds. The van der Waals surface area contributed by atoms with E-state index in [4.69, 9.17) is 0 Å². The van der Waals surface area contributed by atoms with Crippen molar-refractivity contribution in [1.29, 1.82) is 0 Å². The number of carbonyl (C=O) groups excluding carboxylic acids is 1. The number of unbranched alkanes of at least 4 members (excludes halogenated alkanes) is 2. The molecule has 0 saturated carbocycles. The van der Waals surface area contributed by atoms with E-state index >= 15 is 0 Å². The molecule has 0 aliphatic heterocycles. The first kappa shape index (κ1) is 18.6. The van der Waals surface area contributed by atoms with Crippen LogP contribution in [0.2, 0.25) is 0 Å². The van der Waals surface area contributed by atoms with Crippen LogP contribution in [0.1, 0.15) is 65.2 Å². The molecule has 138 valence electrons. The molecule has 0 radical (unpaired) electrons. The summed E-state index contributed by atoms with van der Waals surface area (Å²) in [6.45, 7) is 6.84. The summed E-state index contributed by atoms with van der Waals surface area (Å²) < 4.78 is 0. The predicted molar refractivity (Wildman–Crippen MR) is 107 cm³/mol. The molecule has 26 heavy (non-hydrogen) atoms. The monoisotopic (exact) mass is 370 g/mol. The summed E-state index contributed by atoms with van der Waals surface area (Å²) in [5.74, 6) is 1.32. The number of carbonyl (C=O) groups is 1. The van der Waals surface area contributed by atoms with Gasteiger partial charge in [0.05, 0.1) is 16.0 Å². The maximum atomic E-state index is 12.4. The van der Waals surface area contributed by atoms with Crippen molar-refractivity contribution in [2.24, 2.45) is 0 Å². The molecule has 1 aromatic carbocycles. The summed E-state index contributed by atoms with van der Waals surface area (Å²) in [6, 6.07) is 8.09. The molecule has 2 aromatic heterocycles. The van der Waals surface area contributed by atoms with E-state index in [1.165, 1.54) is 0 Å². The number of thiazole rings is 1. The molecule has 3 aromatic rings. The van der Waals surface area contributed by atoms with Gasteiger partial charge >= 0.3 is 0 Å². The Morgan fingerprint density at radius 3 is 2.77 bits per heavy atom. The quantitative estimate of drug-likeness (QED) is 0.570. The van der Waals surface area contributed by atoms with E-state index in [1.54, 1.807) is 11.3 Å². The van der Waals surface area contributed by atoms with Gasteiger partial charge < -0.3 is 10.3 Å². The van der Waals surface area contributed by atoms with Gasteiger partial charge in [0, 0.05) is 17.8 Å². The van der Waals surface area contributed by atoms with E-state index in [1.807, 2.05) is 31.2 Å². The number of hydrogen-bond acceptors (Lipinski definition) is 4. The van der Waals surface area contributed by atoms with E-state index in [0.717, 1.165) is 52.4 Å². The fourth-order valence-corrected chi connectivity index (χ4v) is 3.93. The van der Waals surface area contributed by atoms with Gasteiger partial charge in [-0.3, -0.25) is 4.79 Å². The zero-order valence-corrected chi connectivity index (χ0v) is 16.4. The fourth-order valence-electron chi connectivity index (χ4n) is 3.00. The van der Waals surface area contributed by atoms with E-state index in [0.29, 0.717) is 18.2 Å². The summed E-state index contributed by atoms with van der Waals surface area (Å²) in [5, 5.41) is 3.96. The zero-order valence-electron chi connectivity index (χ0n) is 15.6. The van der Waals surface area contributed by atoms with Crippen LogP contribution in [0.3, 0.4) is 0 Å². The first-order valence-electron chi connectivity index (χ1n) is 9.23. The van der Waals surface area contributed by atoms with Gasteiger partial charge in [-0.2, -0.15) is 0 Å². The largest absolute Gasteiger partial charge is 0.351 e. The number of fused-ring (bicyclic) bond motifs is 1. The van der Waals surface area contributed by atoms with Crippen LogP contribution in [0.5, 0.6) is 0 Å². The number of para-hydroxylation sites is 2. The highest BCUT2D eigenvalue weighted by Gasteiger charge is 2.18. The van der Waals surface area contributed by atoms with Crippen molar-refractivity contribution in [3.63, 3.8) is 0 Å². The molecule has 0 spiro atoms. The zero-order chi connectivity index (χ0) is 18.5. The third-order valence-electron chi connectivity index (χ3n) is 4.31. The van der Waals surface area contributed by atoms with Gasteiger partial charge in [-0.15, -0.1) is 11.3 Å². The molecular formula is C20H26N4OS. The van der Waals surface area contributed by atoms with Gasteiger partial charge in [0.25, 0.3) is 5.91 Å². The van der Waals surface area contributed by atoms with Gasteiger partial charge in [-0.25, -0.2) is 9.97 Å². The number of aryl methyl sites for hydroxylation is 2. The van der Waals surface area contributed by atoms with Crippen molar-refractivity contribution in [1.82, 2.24) is 20.3 Å². The molecule has 0 aliphatic rings. The first-order chi connectivity index (χ1) is 12.5. The molecule has 0 bridgehead atoms. The highest BCUT2D eigenvalue weighted by atomic mass is 32.1. The Bertz CT molecular complexity index is 848. The van der Waals surface area contributed by atoms with Crippen LogP contribution in [0, 0.1) is 6.92 Å². The molecule has 0 unspecified atom stereocenters. The topological polar surface area (TPSA) is 70.7 Å². The highest BCUT2D eigenvalue weighted by molar-refractivity contribution is 7.12. The second-order valence-corrected chi connectivity index (χ2v) is 8.10. The number of rotatable bonds is 8. The summed E-state index contributed by atoms with van der Waals surface area (Å²) in [6.07, 6.45) is 4.02. The second-order valence-electron chi connectivity index (χ2n) is 6.87. The van der Waals surface area contributed by atoms with Crippen LogP contribution in [-0.4, -0.2) is 27.4 Å². The minimum Gasteiger partial charge on any atom is -0.351 e. The summed E-state index contributed by atoms with van der Waals surface area (Å²) in [4.78, 5) is 25.8. The Morgan fingerprint density at radius 2 is 2.00 bits per heavy atom. The number of H-pyrrole nitrogens is 1. The molecule has 6 heteroatoms. The Kier molecular flexibility index (Phi) is 6.04. The molecule has 2 N–H and O–H groups in total. The molecule has 3 rings (SSSR count). The molecule has 5 nitrogen and oxygen atoms in total. The second kappa shape index (κ2) is 8.45. The van der Waals surface area contributed by atoms with Crippen LogP contribution >= 0.6 is 11.3 Å². The lowest BCUT2D eigenvalue weighted by Gasteiger charge is -2.06. The van der Waals surface area contributed by atoms with Gasteiger partial charge in [0.15, 0.2) is 0 Å². The normalized spacial score (nSPS) is 11.4. The Labute approximate surface area is 158 Å².